The predicted molar refractivity (Wildman–Crippen MR) is 73.4 cm³/mol. The van der Waals surface area contributed by atoms with Crippen LogP contribution in [0.25, 0.3) is 0 Å². The van der Waals surface area contributed by atoms with Crippen molar-refractivity contribution in [1.29, 1.82) is 0 Å². The molecule has 1 saturated heterocycles. The van der Waals surface area contributed by atoms with Crippen LogP contribution >= 0.6 is 0 Å². The number of piperidine rings is 1. The maximum absolute atomic E-state index is 12.1. The highest BCUT2D eigenvalue weighted by molar-refractivity contribution is 5.96. The lowest BCUT2D eigenvalue weighted by atomic mass is 10.0. The number of anilines is 2. The zero-order valence-electron chi connectivity index (χ0n) is 10.8. The van der Waals surface area contributed by atoms with Gasteiger partial charge in [0.2, 0.25) is 5.91 Å². The molecule has 102 valence electrons. The highest BCUT2D eigenvalue weighted by Crippen LogP contribution is 2.15. The number of nitrogens with two attached hydrogens (primary N) is 2. The van der Waals surface area contributed by atoms with Crippen LogP contribution in [0.2, 0.25) is 0 Å². The van der Waals surface area contributed by atoms with E-state index in [9.17, 15) is 9.59 Å². The number of hydrogen-bond donors (Lipinski definition) is 3. The van der Waals surface area contributed by atoms with Crippen molar-refractivity contribution in [3.63, 3.8) is 0 Å². The van der Waals surface area contributed by atoms with E-state index in [1.807, 2.05) is 0 Å². The van der Waals surface area contributed by atoms with Gasteiger partial charge in [-0.25, -0.2) is 0 Å². The molecular formula is C13H18N4O2. The van der Waals surface area contributed by atoms with Gasteiger partial charge in [0.15, 0.2) is 0 Å². The van der Waals surface area contributed by atoms with E-state index in [2.05, 4.69) is 5.32 Å². The summed E-state index contributed by atoms with van der Waals surface area (Å²) in [6.45, 7) is 0.530. The van der Waals surface area contributed by atoms with E-state index >= 15 is 0 Å². The summed E-state index contributed by atoms with van der Waals surface area (Å²) in [5, 5.41) is 2.90. The van der Waals surface area contributed by atoms with Gasteiger partial charge in [-0.15, -0.1) is 0 Å². The van der Waals surface area contributed by atoms with Crippen molar-refractivity contribution < 1.29 is 9.59 Å². The van der Waals surface area contributed by atoms with Gasteiger partial charge in [0, 0.05) is 43.0 Å². The minimum Gasteiger partial charge on any atom is -0.399 e. The summed E-state index contributed by atoms with van der Waals surface area (Å²) in [7, 11) is 1.74. The van der Waals surface area contributed by atoms with E-state index in [-0.39, 0.29) is 17.9 Å². The average Bonchev–Trinajstić information content (AvgIpc) is 2.32. The molecule has 1 aliphatic heterocycles. The summed E-state index contributed by atoms with van der Waals surface area (Å²) < 4.78 is 0. The van der Waals surface area contributed by atoms with Crippen molar-refractivity contribution >= 4 is 23.2 Å². The Balaban J connectivity index is 2.03. The normalized spacial score (nSPS) is 19.3. The fourth-order valence-electron chi connectivity index (χ4n) is 2.21. The van der Waals surface area contributed by atoms with Gasteiger partial charge in [-0.3, -0.25) is 9.59 Å². The fourth-order valence-corrected chi connectivity index (χ4v) is 2.21. The summed E-state index contributed by atoms with van der Waals surface area (Å²) in [4.78, 5) is 25.1. The summed E-state index contributed by atoms with van der Waals surface area (Å²) in [5.74, 6) is -0.106. The van der Waals surface area contributed by atoms with E-state index in [1.54, 1.807) is 30.1 Å². The molecule has 0 spiro atoms. The second-order valence-electron chi connectivity index (χ2n) is 4.87. The number of amides is 2. The van der Waals surface area contributed by atoms with Crippen LogP contribution in [0, 0.1) is 0 Å². The van der Waals surface area contributed by atoms with E-state index < -0.39 is 0 Å². The summed E-state index contributed by atoms with van der Waals surface area (Å²) in [6, 6.07) is 4.74. The van der Waals surface area contributed by atoms with E-state index in [0.717, 1.165) is 0 Å². The molecule has 1 aromatic rings. The average molecular weight is 262 g/mol. The van der Waals surface area contributed by atoms with Crippen LogP contribution in [-0.4, -0.2) is 36.3 Å². The molecular weight excluding hydrogens is 244 g/mol. The van der Waals surface area contributed by atoms with E-state index in [0.29, 0.717) is 36.3 Å². The van der Waals surface area contributed by atoms with Crippen LogP contribution in [-0.2, 0) is 4.79 Å². The minimum atomic E-state index is -0.216. The predicted octanol–water partition coefficient (Wildman–Crippen LogP) is 0.202. The van der Waals surface area contributed by atoms with Crippen molar-refractivity contribution in [1.82, 2.24) is 10.2 Å². The molecule has 1 atom stereocenters. The van der Waals surface area contributed by atoms with E-state index in [1.165, 1.54) is 0 Å². The monoisotopic (exact) mass is 262 g/mol. The van der Waals surface area contributed by atoms with Crippen LogP contribution in [0.5, 0.6) is 0 Å². The van der Waals surface area contributed by atoms with Gasteiger partial charge in [0.25, 0.3) is 5.91 Å². The Morgan fingerprint density at radius 2 is 1.95 bits per heavy atom. The highest BCUT2D eigenvalue weighted by atomic mass is 16.2. The van der Waals surface area contributed by atoms with Crippen LogP contribution in [0.3, 0.4) is 0 Å². The van der Waals surface area contributed by atoms with Gasteiger partial charge < -0.3 is 21.7 Å². The smallest absolute Gasteiger partial charge is 0.251 e. The minimum absolute atomic E-state index is 0.0298. The largest absolute Gasteiger partial charge is 0.399 e. The number of hydrogen-bond acceptors (Lipinski definition) is 4. The molecule has 0 aromatic heterocycles. The Morgan fingerprint density at radius 3 is 2.53 bits per heavy atom. The summed E-state index contributed by atoms with van der Waals surface area (Å²) >= 11 is 0. The Kier molecular flexibility index (Phi) is 3.59. The topological polar surface area (TPSA) is 101 Å². The Labute approximate surface area is 111 Å². The second-order valence-corrected chi connectivity index (χ2v) is 4.87. The van der Waals surface area contributed by atoms with Gasteiger partial charge >= 0.3 is 0 Å². The maximum atomic E-state index is 12.1. The van der Waals surface area contributed by atoms with Crippen molar-refractivity contribution in [2.75, 3.05) is 25.1 Å². The van der Waals surface area contributed by atoms with Crippen molar-refractivity contribution in [3.05, 3.63) is 23.8 Å². The van der Waals surface area contributed by atoms with Crippen LogP contribution < -0.4 is 16.8 Å². The van der Waals surface area contributed by atoms with Gasteiger partial charge in [0.1, 0.15) is 0 Å². The molecule has 2 rings (SSSR count). The van der Waals surface area contributed by atoms with Crippen LogP contribution in [0.15, 0.2) is 18.2 Å². The van der Waals surface area contributed by atoms with E-state index in [4.69, 9.17) is 11.5 Å². The molecule has 0 radical (unpaired) electrons. The number of nitrogens with one attached hydrogen (secondary N) is 1. The first-order valence-electron chi connectivity index (χ1n) is 6.16. The molecule has 1 unspecified atom stereocenters. The molecule has 0 aliphatic carbocycles. The third-order valence-electron chi connectivity index (χ3n) is 3.20. The zero-order chi connectivity index (χ0) is 14.0. The lowest BCUT2D eigenvalue weighted by Crippen LogP contribution is -2.48. The molecule has 19 heavy (non-hydrogen) atoms. The van der Waals surface area contributed by atoms with Crippen molar-refractivity contribution in [2.45, 2.75) is 18.9 Å². The first-order valence-corrected chi connectivity index (χ1v) is 6.16. The molecule has 6 nitrogen and oxygen atoms in total. The molecule has 5 N–H and O–H groups in total. The van der Waals surface area contributed by atoms with Crippen molar-refractivity contribution in [2.24, 2.45) is 0 Å². The summed E-state index contributed by atoms with van der Waals surface area (Å²) in [6.07, 6.45) is 1.12. The quantitative estimate of drug-likeness (QED) is 0.663. The standard InChI is InChI=1S/C13H18N4O2/c1-17-7-11(2-3-12(17)18)16-13(19)8-4-9(14)6-10(15)5-8/h4-6,11H,2-3,7,14-15H2,1H3,(H,16,19). The number of nitrogen functional groups attached to an aromatic ring is 2. The number of carbonyl (C=O) groups is 2. The second kappa shape index (κ2) is 5.17. The molecule has 1 heterocycles. The number of rotatable bonds is 2. The SMILES string of the molecule is CN1CC(NC(=O)c2cc(N)cc(N)c2)CCC1=O. The highest BCUT2D eigenvalue weighted by Gasteiger charge is 2.24. The molecule has 1 aliphatic rings. The van der Waals surface area contributed by atoms with Crippen molar-refractivity contribution in [3.8, 4) is 0 Å². The number of likely N-dealkylation sites (N-methyl/N-ethyl adjacent to an activating group) is 1. The van der Waals surface area contributed by atoms with Gasteiger partial charge in [0.05, 0.1) is 0 Å². The molecule has 1 aromatic carbocycles. The van der Waals surface area contributed by atoms with Gasteiger partial charge in [-0.2, -0.15) is 0 Å². The van der Waals surface area contributed by atoms with Crippen LogP contribution in [0.1, 0.15) is 23.2 Å². The number of carbonyl (C=O) groups excluding carboxylic acids is 2. The number of nitrogens with zero attached hydrogens (tertiary/aromatic N) is 1. The molecule has 2 amide bonds. The third-order valence-corrected chi connectivity index (χ3v) is 3.20. The lowest BCUT2D eigenvalue weighted by Gasteiger charge is -2.30. The first kappa shape index (κ1) is 13.2. The molecule has 1 fully saturated rings. The molecule has 0 bridgehead atoms. The van der Waals surface area contributed by atoms with Gasteiger partial charge in [-0.05, 0) is 24.6 Å². The first-order chi connectivity index (χ1) is 8.95. The third kappa shape index (κ3) is 3.15. The van der Waals surface area contributed by atoms with Crippen LogP contribution in [0.4, 0.5) is 11.4 Å². The maximum Gasteiger partial charge on any atom is 0.251 e. The van der Waals surface area contributed by atoms with Gasteiger partial charge in [-0.1, -0.05) is 0 Å². The Hall–Kier alpha value is -2.24. The Bertz CT molecular complexity index is 495. The number of likely N-dealkylation sites (tertiary alicyclic amines) is 1. The zero-order valence-corrected chi connectivity index (χ0v) is 10.8. The number of benzene rings is 1. The molecule has 6 heteroatoms. The lowest BCUT2D eigenvalue weighted by molar-refractivity contribution is -0.132. The fraction of sp³-hybridized carbons (Fsp3) is 0.385. The molecule has 0 saturated carbocycles. The summed E-state index contributed by atoms with van der Waals surface area (Å²) in [5.41, 5.74) is 12.7. The Morgan fingerprint density at radius 1 is 1.32 bits per heavy atom.